The molecule has 0 N–H and O–H groups in total. The summed E-state index contributed by atoms with van der Waals surface area (Å²) < 4.78 is 16.4. The number of benzene rings is 2. The molecule has 0 aliphatic rings. The van der Waals surface area contributed by atoms with Crippen LogP contribution < -0.4 is 15.2 Å². The number of fused-ring (bicyclic) bond motifs is 1. The Kier molecular flexibility index (Phi) is 7.34. The summed E-state index contributed by atoms with van der Waals surface area (Å²) in [7, 11) is 1.45. The summed E-state index contributed by atoms with van der Waals surface area (Å²) in [4.78, 5) is 52.6. The molecule has 0 saturated carbocycles. The third-order valence-electron chi connectivity index (χ3n) is 4.64. The molecule has 0 aliphatic carbocycles. The summed E-state index contributed by atoms with van der Waals surface area (Å²) in [5.74, 6) is -1.41. The van der Waals surface area contributed by atoms with Crippen LogP contribution in [0, 0.1) is 0 Å². The number of halogens is 1. The number of imide groups is 1. The topological polar surface area (TPSA) is 104 Å². The number of amides is 2. The van der Waals surface area contributed by atoms with E-state index in [2.05, 4.69) is 0 Å². The quantitative estimate of drug-likeness (QED) is 0.502. The summed E-state index contributed by atoms with van der Waals surface area (Å²) in [6.45, 7) is 3.15. The van der Waals surface area contributed by atoms with Crippen LogP contribution in [-0.4, -0.2) is 35.9 Å². The zero-order valence-electron chi connectivity index (χ0n) is 18.2. The van der Waals surface area contributed by atoms with Crippen LogP contribution in [0.1, 0.15) is 24.2 Å². The first-order chi connectivity index (χ1) is 15.8. The Hall–Kier alpha value is -3.85. The predicted octanol–water partition coefficient (Wildman–Crippen LogP) is 4.53. The number of hydrogen-bond donors (Lipinski definition) is 0. The molecule has 10 heteroatoms. The number of pyridine rings is 1. The van der Waals surface area contributed by atoms with Crippen molar-refractivity contribution >= 4 is 46.3 Å². The first kappa shape index (κ1) is 23.8. The van der Waals surface area contributed by atoms with Crippen LogP contribution in [0.5, 0.6) is 5.75 Å². The van der Waals surface area contributed by atoms with E-state index in [1.165, 1.54) is 29.8 Å². The molecule has 0 radical (unpaired) electrons. The normalized spacial score (nSPS) is 10.5. The molecule has 2 aromatic carbocycles. The minimum atomic E-state index is -1.12. The molecule has 0 unspecified atom stereocenters. The van der Waals surface area contributed by atoms with Crippen molar-refractivity contribution in [3.8, 4) is 5.75 Å². The van der Waals surface area contributed by atoms with Crippen LogP contribution in [0.3, 0.4) is 0 Å². The SMILES string of the molecule is CCOC(=O)Oc1c(C(=O)N(C(=O)OCC)c2ccccc2)c(=O)n(C)c2ccc(Cl)cc12. The number of aryl methyl sites for hydroxylation is 1. The number of ether oxygens (including phenoxy) is 3. The molecule has 0 saturated heterocycles. The predicted molar refractivity (Wildman–Crippen MR) is 122 cm³/mol. The summed E-state index contributed by atoms with van der Waals surface area (Å²) in [5.41, 5.74) is -0.838. The number of anilines is 1. The van der Waals surface area contributed by atoms with E-state index in [0.717, 1.165) is 0 Å². The van der Waals surface area contributed by atoms with Crippen molar-refractivity contribution in [2.45, 2.75) is 13.8 Å². The molecule has 0 aliphatic heterocycles. The molecule has 0 spiro atoms. The van der Waals surface area contributed by atoms with Gasteiger partial charge in [-0.1, -0.05) is 29.8 Å². The fourth-order valence-electron chi connectivity index (χ4n) is 3.20. The van der Waals surface area contributed by atoms with Gasteiger partial charge in [-0.3, -0.25) is 9.59 Å². The lowest BCUT2D eigenvalue weighted by molar-refractivity contribution is 0.0952. The minimum Gasteiger partial charge on any atom is -0.449 e. The van der Waals surface area contributed by atoms with E-state index in [1.54, 1.807) is 44.2 Å². The van der Waals surface area contributed by atoms with Crippen LogP contribution in [-0.2, 0) is 16.5 Å². The van der Waals surface area contributed by atoms with Gasteiger partial charge in [-0.2, -0.15) is 0 Å². The zero-order valence-corrected chi connectivity index (χ0v) is 18.9. The lowest BCUT2D eigenvalue weighted by Crippen LogP contribution is -2.41. The number of aromatic nitrogens is 1. The summed E-state index contributed by atoms with van der Waals surface area (Å²) in [6, 6.07) is 12.5. The second-order valence-electron chi connectivity index (χ2n) is 6.69. The molecule has 3 rings (SSSR count). The number of hydrogen-bond acceptors (Lipinski definition) is 7. The van der Waals surface area contributed by atoms with Gasteiger partial charge in [-0.15, -0.1) is 0 Å². The zero-order chi connectivity index (χ0) is 24.1. The monoisotopic (exact) mass is 472 g/mol. The van der Waals surface area contributed by atoms with E-state index in [4.69, 9.17) is 25.8 Å². The highest BCUT2D eigenvalue weighted by atomic mass is 35.5. The van der Waals surface area contributed by atoms with Gasteiger partial charge in [0.2, 0.25) is 0 Å². The molecule has 9 nitrogen and oxygen atoms in total. The maximum Gasteiger partial charge on any atom is 0.513 e. The smallest absolute Gasteiger partial charge is 0.449 e. The second kappa shape index (κ2) is 10.2. The van der Waals surface area contributed by atoms with Crippen molar-refractivity contribution in [3.05, 3.63) is 69.5 Å². The van der Waals surface area contributed by atoms with Gasteiger partial charge in [0.1, 0.15) is 5.56 Å². The van der Waals surface area contributed by atoms with Gasteiger partial charge in [0.15, 0.2) is 5.75 Å². The van der Waals surface area contributed by atoms with E-state index in [-0.39, 0.29) is 35.1 Å². The Morgan fingerprint density at radius 1 is 1.00 bits per heavy atom. The van der Waals surface area contributed by atoms with Crippen LogP contribution in [0.4, 0.5) is 15.3 Å². The Labute approximate surface area is 194 Å². The molecule has 1 heterocycles. The molecule has 2 amide bonds. The Balaban J connectivity index is 2.32. The van der Waals surface area contributed by atoms with Gasteiger partial charge in [0, 0.05) is 17.5 Å². The highest BCUT2D eigenvalue weighted by molar-refractivity contribution is 6.31. The average Bonchev–Trinajstić information content (AvgIpc) is 2.78. The average molecular weight is 473 g/mol. The molecule has 3 aromatic rings. The maximum absolute atomic E-state index is 13.7. The van der Waals surface area contributed by atoms with Crippen LogP contribution in [0.15, 0.2) is 53.3 Å². The van der Waals surface area contributed by atoms with Crippen molar-refractivity contribution in [2.75, 3.05) is 18.1 Å². The highest BCUT2D eigenvalue weighted by Crippen LogP contribution is 2.32. The molecule has 172 valence electrons. The molecule has 0 bridgehead atoms. The second-order valence-corrected chi connectivity index (χ2v) is 7.13. The van der Waals surface area contributed by atoms with E-state index in [9.17, 15) is 19.2 Å². The fourth-order valence-corrected chi connectivity index (χ4v) is 3.37. The van der Waals surface area contributed by atoms with E-state index >= 15 is 0 Å². The molecule has 0 fully saturated rings. The Morgan fingerprint density at radius 2 is 1.67 bits per heavy atom. The Morgan fingerprint density at radius 3 is 2.30 bits per heavy atom. The highest BCUT2D eigenvalue weighted by Gasteiger charge is 2.33. The summed E-state index contributed by atoms with van der Waals surface area (Å²) in [6.07, 6.45) is -2.12. The number of carbonyl (C=O) groups excluding carboxylic acids is 3. The number of para-hydroxylation sites is 1. The summed E-state index contributed by atoms with van der Waals surface area (Å²) in [5, 5.41) is 0.483. The maximum atomic E-state index is 13.7. The van der Waals surface area contributed by atoms with Crippen molar-refractivity contribution in [1.82, 2.24) is 4.57 Å². The molecular formula is C23H21ClN2O7. The lowest BCUT2D eigenvalue weighted by Gasteiger charge is -2.22. The van der Waals surface area contributed by atoms with Gasteiger partial charge in [0.25, 0.3) is 11.5 Å². The van der Waals surface area contributed by atoms with Gasteiger partial charge in [-0.25, -0.2) is 14.5 Å². The lowest BCUT2D eigenvalue weighted by atomic mass is 10.1. The Bertz CT molecular complexity index is 1270. The number of nitrogens with zero attached hydrogens (tertiary/aromatic N) is 2. The summed E-state index contributed by atoms with van der Waals surface area (Å²) >= 11 is 6.13. The van der Waals surface area contributed by atoms with Gasteiger partial charge in [-0.05, 0) is 44.2 Å². The minimum absolute atomic E-state index is 0.00457. The number of rotatable bonds is 5. The first-order valence-corrected chi connectivity index (χ1v) is 10.4. The molecule has 1 aromatic heterocycles. The van der Waals surface area contributed by atoms with E-state index in [0.29, 0.717) is 10.4 Å². The van der Waals surface area contributed by atoms with Gasteiger partial charge >= 0.3 is 12.2 Å². The number of carbonyl (C=O) groups is 3. The van der Waals surface area contributed by atoms with Crippen LogP contribution >= 0.6 is 11.6 Å². The van der Waals surface area contributed by atoms with Gasteiger partial charge < -0.3 is 18.8 Å². The van der Waals surface area contributed by atoms with Crippen molar-refractivity contribution in [3.63, 3.8) is 0 Å². The third-order valence-corrected chi connectivity index (χ3v) is 4.87. The van der Waals surface area contributed by atoms with Crippen LogP contribution in [0.25, 0.3) is 10.9 Å². The standard InChI is InChI=1S/C23H21ClN2O7/c1-4-31-22(29)26(15-9-7-6-8-10-15)21(28)18-19(33-23(30)32-5-2)16-13-14(24)11-12-17(16)25(3)20(18)27/h6-13H,4-5H2,1-3H3. The molecule has 33 heavy (non-hydrogen) atoms. The van der Waals surface area contributed by atoms with E-state index in [1.807, 2.05) is 0 Å². The first-order valence-electron chi connectivity index (χ1n) is 10.0. The third kappa shape index (κ3) is 4.83. The largest absolute Gasteiger partial charge is 0.513 e. The molecular weight excluding hydrogens is 452 g/mol. The van der Waals surface area contributed by atoms with E-state index < -0.39 is 29.3 Å². The van der Waals surface area contributed by atoms with Crippen LogP contribution in [0.2, 0.25) is 5.02 Å². The van der Waals surface area contributed by atoms with Crippen molar-refractivity contribution < 1.29 is 28.6 Å². The molecule has 0 atom stereocenters. The van der Waals surface area contributed by atoms with Gasteiger partial charge in [0.05, 0.1) is 24.4 Å². The van der Waals surface area contributed by atoms with Crippen molar-refractivity contribution in [2.24, 2.45) is 7.05 Å². The fraction of sp³-hybridized carbons (Fsp3) is 0.217. The van der Waals surface area contributed by atoms with Crippen molar-refractivity contribution in [1.29, 1.82) is 0 Å².